The maximum Gasteiger partial charge on any atom is 0.240 e. The molecule has 0 aliphatic carbocycles. The van der Waals surface area contributed by atoms with Gasteiger partial charge >= 0.3 is 0 Å². The van der Waals surface area contributed by atoms with Crippen LogP contribution in [0.1, 0.15) is 25.3 Å². The van der Waals surface area contributed by atoms with Crippen LogP contribution in [0.4, 0.5) is 11.4 Å². The van der Waals surface area contributed by atoms with Crippen LogP contribution >= 0.6 is 0 Å². The Bertz CT molecular complexity index is 969. The quantitative estimate of drug-likeness (QED) is 0.581. The first kappa shape index (κ1) is 23.2. The highest BCUT2D eigenvalue weighted by molar-refractivity contribution is 7.89. The summed E-state index contributed by atoms with van der Waals surface area (Å²) < 4.78 is 27.5. The summed E-state index contributed by atoms with van der Waals surface area (Å²) in [5.74, 6) is -0.190. The first-order chi connectivity index (χ1) is 14.8. The van der Waals surface area contributed by atoms with E-state index < -0.39 is 10.0 Å². The number of benzene rings is 2. The lowest BCUT2D eigenvalue weighted by Gasteiger charge is -2.36. The summed E-state index contributed by atoms with van der Waals surface area (Å²) >= 11 is 0. The van der Waals surface area contributed by atoms with Gasteiger partial charge in [0.15, 0.2) is 0 Å². The van der Waals surface area contributed by atoms with E-state index in [9.17, 15) is 13.2 Å². The van der Waals surface area contributed by atoms with E-state index in [0.29, 0.717) is 12.2 Å². The van der Waals surface area contributed by atoms with Crippen LogP contribution in [0.5, 0.6) is 0 Å². The van der Waals surface area contributed by atoms with Crippen molar-refractivity contribution in [3.63, 3.8) is 0 Å². The van der Waals surface area contributed by atoms with Gasteiger partial charge in [-0.2, -0.15) is 0 Å². The minimum Gasteiger partial charge on any atom is -0.369 e. The maximum atomic E-state index is 12.4. The number of nitrogens with one attached hydrogen (secondary N) is 2. The monoisotopic (exact) mass is 444 g/mol. The van der Waals surface area contributed by atoms with Gasteiger partial charge in [-0.05, 0) is 68.3 Å². The lowest BCUT2D eigenvalue weighted by molar-refractivity contribution is -0.114. The first-order valence-electron chi connectivity index (χ1n) is 10.7. The Morgan fingerprint density at radius 2 is 1.71 bits per heavy atom. The van der Waals surface area contributed by atoms with Gasteiger partial charge in [0, 0.05) is 51.0 Å². The summed E-state index contributed by atoms with van der Waals surface area (Å²) in [6, 6.07) is 14.8. The number of aryl methyl sites for hydroxylation is 1. The lowest BCUT2D eigenvalue weighted by Crippen LogP contribution is -2.46. The molecule has 1 fully saturated rings. The van der Waals surface area contributed by atoms with E-state index in [2.05, 4.69) is 51.0 Å². The molecule has 0 atom stereocenters. The summed E-state index contributed by atoms with van der Waals surface area (Å²) in [5, 5.41) is 2.63. The van der Waals surface area contributed by atoms with Crippen molar-refractivity contribution < 1.29 is 13.2 Å². The SMILES string of the molecule is CC(=O)Nc1ccc(S(=O)(=O)NCCCCN2CCN(c3cccc(C)c3)CC2)cc1. The molecule has 31 heavy (non-hydrogen) atoms. The molecular formula is C23H32N4O3S. The lowest BCUT2D eigenvalue weighted by atomic mass is 10.2. The largest absolute Gasteiger partial charge is 0.369 e. The van der Waals surface area contributed by atoms with Crippen LogP contribution in [-0.2, 0) is 14.8 Å². The molecule has 168 valence electrons. The van der Waals surface area contributed by atoms with Crippen molar-refractivity contribution in [2.75, 3.05) is 49.5 Å². The fraction of sp³-hybridized carbons (Fsp3) is 0.435. The van der Waals surface area contributed by atoms with Gasteiger partial charge in [-0.1, -0.05) is 12.1 Å². The van der Waals surface area contributed by atoms with Crippen molar-refractivity contribution in [2.45, 2.75) is 31.6 Å². The standard InChI is InChI=1S/C23H32N4O3S/c1-19-6-5-7-22(18-19)27-16-14-26(15-17-27)13-4-3-12-24-31(29,30)23-10-8-21(9-11-23)25-20(2)28/h5-11,18,24H,3-4,12-17H2,1-2H3,(H,25,28). The van der Waals surface area contributed by atoms with Crippen LogP contribution in [0.3, 0.4) is 0 Å². The molecule has 1 amide bonds. The number of carbonyl (C=O) groups is 1. The average molecular weight is 445 g/mol. The van der Waals surface area contributed by atoms with Gasteiger partial charge in [0.2, 0.25) is 15.9 Å². The molecule has 0 bridgehead atoms. The number of carbonyl (C=O) groups excluding carboxylic acids is 1. The molecule has 0 spiro atoms. The van der Waals surface area contributed by atoms with Crippen molar-refractivity contribution in [3.05, 3.63) is 54.1 Å². The first-order valence-corrected chi connectivity index (χ1v) is 12.2. The van der Waals surface area contributed by atoms with Gasteiger partial charge in [-0.15, -0.1) is 0 Å². The normalized spacial score (nSPS) is 15.1. The Labute approximate surface area is 185 Å². The summed E-state index contributed by atoms with van der Waals surface area (Å²) in [7, 11) is -3.54. The number of anilines is 2. The zero-order valence-electron chi connectivity index (χ0n) is 18.3. The third-order valence-corrected chi connectivity index (χ3v) is 6.89. The highest BCUT2D eigenvalue weighted by Crippen LogP contribution is 2.18. The molecule has 2 aromatic carbocycles. The number of hydrogen-bond acceptors (Lipinski definition) is 5. The van der Waals surface area contributed by atoms with Crippen molar-refractivity contribution in [1.82, 2.24) is 9.62 Å². The van der Waals surface area contributed by atoms with Gasteiger partial charge < -0.3 is 10.2 Å². The number of sulfonamides is 1. The predicted molar refractivity (Wildman–Crippen MR) is 125 cm³/mol. The van der Waals surface area contributed by atoms with E-state index >= 15 is 0 Å². The van der Waals surface area contributed by atoms with Gasteiger partial charge in [-0.3, -0.25) is 9.69 Å². The fourth-order valence-corrected chi connectivity index (χ4v) is 4.80. The van der Waals surface area contributed by atoms with Crippen LogP contribution in [0.2, 0.25) is 0 Å². The van der Waals surface area contributed by atoms with Crippen molar-refractivity contribution in [2.24, 2.45) is 0 Å². The molecule has 2 N–H and O–H groups in total. The smallest absolute Gasteiger partial charge is 0.240 e. The molecule has 0 unspecified atom stereocenters. The molecule has 0 aromatic heterocycles. The van der Waals surface area contributed by atoms with Gasteiger partial charge in [-0.25, -0.2) is 13.1 Å². The van der Waals surface area contributed by atoms with Gasteiger partial charge in [0.05, 0.1) is 4.90 Å². The molecule has 2 aromatic rings. The Hall–Kier alpha value is -2.42. The minimum atomic E-state index is -3.54. The highest BCUT2D eigenvalue weighted by atomic mass is 32.2. The fourth-order valence-electron chi connectivity index (χ4n) is 3.73. The topological polar surface area (TPSA) is 81.7 Å². The Morgan fingerprint density at radius 3 is 2.35 bits per heavy atom. The van der Waals surface area contributed by atoms with E-state index in [1.165, 1.54) is 30.3 Å². The molecule has 0 saturated carbocycles. The van der Waals surface area contributed by atoms with Crippen LogP contribution in [0.25, 0.3) is 0 Å². The summed E-state index contributed by atoms with van der Waals surface area (Å²) in [6.07, 6.45) is 1.75. The summed E-state index contributed by atoms with van der Waals surface area (Å²) in [5.41, 5.74) is 3.15. The molecule has 1 saturated heterocycles. The molecule has 3 rings (SSSR count). The summed E-state index contributed by atoms with van der Waals surface area (Å²) in [6.45, 7) is 9.02. The molecule has 1 heterocycles. The molecule has 7 nitrogen and oxygen atoms in total. The minimum absolute atomic E-state index is 0.190. The second-order valence-electron chi connectivity index (χ2n) is 7.98. The number of rotatable bonds is 9. The second-order valence-corrected chi connectivity index (χ2v) is 9.75. The molecular weight excluding hydrogens is 412 g/mol. The third kappa shape index (κ3) is 7.05. The number of hydrogen-bond donors (Lipinski definition) is 2. The predicted octanol–water partition coefficient (Wildman–Crippen LogP) is 2.83. The van der Waals surface area contributed by atoms with E-state index in [4.69, 9.17) is 0 Å². The Kier molecular flexibility index (Phi) is 8.06. The number of unbranched alkanes of at least 4 members (excludes halogenated alkanes) is 1. The Balaban J connectivity index is 1.35. The molecule has 1 aliphatic rings. The number of amides is 1. The van der Waals surface area contributed by atoms with Crippen LogP contribution in [-0.4, -0.2) is 58.5 Å². The third-order valence-electron chi connectivity index (χ3n) is 5.42. The molecule has 1 aliphatic heterocycles. The second kappa shape index (κ2) is 10.7. The van der Waals surface area contributed by atoms with Crippen molar-refractivity contribution in [1.29, 1.82) is 0 Å². The zero-order chi connectivity index (χ0) is 22.3. The van der Waals surface area contributed by atoms with E-state index in [0.717, 1.165) is 45.6 Å². The van der Waals surface area contributed by atoms with Crippen molar-refractivity contribution >= 4 is 27.3 Å². The van der Waals surface area contributed by atoms with E-state index in [1.807, 2.05) is 0 Å². The van der Waals surface area contributed by atoms with Gasteiger partial charge in [0.25, 0.3) is 0 Å². The van der Waals surface area contributed by atoms with Crippen molar-refractivity contribution in [3.8, 4) is 0 Å². The van der Waals surface area contributed by atoms with Crippen LogP contribution in [0, 0.1) is 6.92 Å². The molecule has 8 heteroatoms. The Morgan fingerprint density at radius 1 is 1.00 bits per heavy atom. The maximum absolute atomic E-state index is 12.4. The highest BCUT2D eigenvalue weighted by Gasteiger charge is 2.17. The van der Waals surface area contributed by atoms with E-state index in [1.54, 1.807) is 12.1 Å². The van der Waals surface area contributed by atoms with Crippen LogP contribution < -0.4 is 14.9 Å². The van der Waals surface area contributed by atoms with E-state index in [-0.39, 0.29) is 10.8 Å². The summed E-state index contributed by atoms with van der Waals surface area (Å²) in [4.78, 5) is 16.1. The average Bonchev–Trinajstić information content (AvgIpc) is 2.74. The van der Waals surface area contributed by atoms with Crippen LogP contribution in [0.15, 0.2) is 53.4 Å². The zero-order valence-corrected chi connectivity index (χ0v) is 19.1. The van der Waals surface area contributed by atoms with Gasteiger partial charge in [0.1, 0.15) is 0 Å². The number of piperazine rings is 1. The molecule has 0 radical (unpaired) electrons. The number of nitrogens with zero attached hydrogens (tertiary/aromatic N) is 2.